The third-order valence-electron chi connectivity index (χ3n) is 6.13. The van der Waals surface area contributed by atoms with Crippen molar-refractivity contribution >= 4 is 12.7 Å². The summed E-state index contributed by atoms with van der Waals surface area (Å²) in [6.45, 7) is 7.64. The van der Waals surface area contributed by atoms with Crippen LogP contribution in [0.3, 0.4) is 0 Å². The van der Waals surface area contributed by atoms with Gasteiger partial charge in [-0.1, -0.05) is 0 Å². The largest absolute Gasteiger partial charge is 0.525 e. The number of phenols is 1. The van der Waals surface area contributed by atoms with Crippen molar-refractivity contribution in [2.24, 2.45) is 0 Å². The van der Waals surface area contributed by atoms with Gasteiger partial charge in [0.05, 0.1) is 11.2 Å². The second kappa shape index (κ2) is 5.24. The van der Waals surface area contributed by atoms with E-state index in [1.54, 1.807) is 18.2 Å². The van der Waals surface area contributed by atoms with Gasteiger partial charge in [-0.2, -0.15) is 0 Å². The molecule has 2 aliphatic heterocycles. The lowest BCUT2D eigenvalue weighted by molar-refractivity contribution is -0.00810. The van der Waals surface area contributed by atoms with Crippen LogP contribution in [0.2, 0.25) is 0 Å². The first-order valence-corrected chi connectivity index (χ1v) is 8.89. The molecule has 134 valence electrons. The number of benzene rings is 1. The molecule has 0 radical (unpaired) electrons. The SMILES string of the molecule is CC1(C)OB(C(F)=C2CC3(CCC3)Oc3cc(O)ccc32)OC1(C)C. The molecule has 0 bridgehead atoms. The monoisotopic (exact) mass is 346 g/mol. The Labute approximate surface area is 148 Å². The molecule has 4 rings (SSSR count). The zero-order chi connectivity index (χ0) is 18.0. The number of aromatic hydroxyl groups is 1. The molecule has 0 amide bonds. The van der Waals surface area contributed by atoms with E-state index in [1.807, 2.05) is 27.7 Å². The quantitative estimate of drug-likeness (QED) is 0.766. The molecule has 0 aromatic heterocycles. The molecular formula is C19H24BFO4. The molecule has 1 spiro atoms. The molecule has 1 aromatic carbocycles. The van der Waals surface area contributed by atoms with Crippen molar-refractivity contribution in [1.82, 2.24) is 0 Å². The molecule has 2 fully saturated rings. The van der Waals surface area contributed by atoms with Gasteiger partial charge < -0.3 is 19.2 Å². The second-order valence-corrected chi connectivity index (χ2v) is 8.41. The smallest absolute Gasteiger partial charge is 0.508 e. The molecular weight excluding hydrogens is 322 g/mol. The summed E-state index contributed by atoms with van der Waals surface area (Å²) in [5.74, 6) is 0.651. The van der Waals surface area contributed by atoms with E-state index in [-0.39, 0.29) is 17.1 Å². The van der Waals surface area contributed by atoms with Gasteiger partial charge in [0.1, 0.15) is 22.8 Å². The second-order valence-electron chi connectivity index (χ2n) is 8.41. The molecule has 1 aliphatic carbocycles. The van der Waals surface area contributed by atoms with Crippen molar-refractivity contribution in [3.05, 3.63) is 29.5 Å². The van der Waals surface area contributed by atoms with E-state index in [1.165, 1.54) is 0 Å². The predicted octanol–water partition coefficient (Wildman–Crippen LogP) is 4.41. The molecule has 2 heterocycles. The third kappa shape index (κ3) is 2.58. The lowest BCUT2D eigenvalue weighted by atomic mass is 9.70. The van der Waals surface area contributed by atoms with Crippen molar-refractivity contribution in [1.29, 1.82) is 0 Å². The van der Waals surface area contributed by atoms with Gasteiger partial charge in [0.15, 0.2) is 0 Å². The van der Waals surface area contributed by atoms with Gasteiger partial charge in [0.25, 0.3) is 0 Å². The molecule has 1 saturated heterocycles. The van der Waals surface area contributed by atoms with Crippen LogP contribution >= 0.6 is 0 Å². The van der Waals surface area contributed by atoms with Crippen LogP contribution in [0.1, 0.15) is 58.9 Å². The summed E-state index contributed by atoms with van der Waals surface area (Å²) in [6.07, 6.45) is 3.35. The van der Waals surface area contributed by atoms with Crippen LogP contribution in [0.25, 0.3) is 5.57 Å². The molecule has 1 N–H and O–H groups in total. The molecule has 1 aromatic rings. The summed E-state index contributed by atoms with van der Waals surface area (Å²) in [7, 11) is -1.02. The zero-order valence-electron chi connectivity index (χ0n) is 15.2. The molecule has 0 unspecified atom stereocenters. The zero-order valence-corrected chi connectivity index (χ0v) is 15.2. The van der Waals surface area contributed by atoms with Gasteiger partial charge in [-0.25, -0.2) is 4.39 Å². The van der Waals surface area contributed by atoms with Gasteiger partial charge in [0.2, 0.25) is 0 Å². The van der Waals surface area contributed by atoms with E-state index in [4.69, 9.17) is 14.0 Å². The van der Waals surface area contributed by atoms with Crippen LogP contribution in [0.15, 0.2) is 23.9 Å². The van der Waals surface area contributed by atoms with Crippen molar-refractivity contribution in [2.45, 2.75) is 70.2 Å². The van der Waals surface area contributed by atoms with E-state index in [2.05, 4.69) is 0 Å². The van der Waals surface area contributed by atoms with Gasteiger partial charge >= 0.3 is 7.12 Å². The fraction of sp³-hybridized carbons (Fsp3) is 0.579. The molecule has 6 heteroatoms. The van der Waals surface area contributed by atoms with E-state index in [0.717, 1.165) is 19.3 Å². The fourth-order valence-corrected chi connectivity index (χ4v) is 3.68. The average molecular weight is 346 g/mol. The maximum Gasteiger partial charge on any atom is 0.525 e. The molecule has 25 heavy (non-hydrogen) atoms. The van der Waals surface area contributed by atoms with Gasteiger partial charge in [-0.3, -0.25) is 0 Å². The Balaban J connectivity index is 1.77. The van der Waals surface area contributed by atoms with E-state index in [0.29, 0.717) is 23.3 Å². The predicted molar refractivity (Wildman–Crippen MR) is 94.0 cm³/mol. The minimum atomic E-state index is -1.02. The number of fused-ring (bicyclic) bond motifs is 1. The Kier molecular flexibility index (Phi) is 3.55. The van der Waals surface area contributed by atoms with Crippen molar-refractivity contribution in [3.63, 3.8) is 0 Å². The Morgan fingerprint density at radius 2 is 1.76 bits per heavy atom. The number of hydrogen-bond donors (Lipinski definition) is 1. The number of phenolic OH excluding ortho intramolecular Hbond substituents is 1. The topological polar surface area (TPSA) is 47.9 Å². The van der Waals surface area contributed by atoms with Crippen LogP contribution in [0.5, 0.6) is 11.5 Å². The van der Waals surface area contributed by atoms with E-state index >= 15 is 4.39 Å². The van der Waals surface area contributed by atoms with E-state index < -0.39 is 18.3 Å². The first-order chi connectivity index (χ1) is 11.6. The number of halogens is 1. The highest BCUT2D eigenvalue weighted by Crippen LogP contribution is 2.52. The van der Waals surface area contributed by atoms with Crippen LogP contribution in [-0.4, -0.2) is 29.0 Å². The van der Waals surface area contributed by atoms with Crippen molar-refractivity contribution < 1.29 is 23.5 Å². The highest BCUT2D eigenvalue weighted by molar-refractivity contribution is 6.55. The number of ether oxygens (including phenoxy) is 1. The van der Waals surface area contributed by atoms with Crippen molar-refractivity contribution in [3.8, 4) is 11.5 Å². The van der Waals surface area contributed by atoms with Crippen LogP contribution in [0.4, 0.5) is 4.39 Å². The van der Waals surface area contributed by atoms with Gasteiger partial charge in [-0.05, 0) is 64.7 Å². The highest BCUT2D eigenvalue weighted by Gasteiger charge is 2.54. The summed E-state index contributed by atoms with van der Waals surface area (Å²) >= 11 is 0. The number of hydrogen-bond acceptors (Lipinski definition) is 4. The van der Waals surface area contributed by atoms with E-state index in [9.17, 15) is 5.11 Å². The molecule has 1 saturated carbocycles. The standard InChI is InChI=1S/C19H24BFO4/c1-17(2)18(3,4)25-20(24-17)16(21)14-11-19(8-5-9-19)23-15-10-12(22)6-7-13(14)15/h6-7,10,22H,5,8-9,11H2,1-4H3. The normalized spacial score (nSPS) is 27.5. The molecule has 0 atom stereocenters. The Morgan fingerprint density at radius 3 is 2.32 bits per heavy atom. The van der Waals surface area contributed by atoms with Crippen LogP contribution < -0.4 is 4.74 Å². The third-order valence-corrected chi connectivity index (χ3v) is 6.13. The summed E-state index contributed by atoms with van der Waals surface area (Å²) in [5.41, 5.74) is -0.696. The maximum atomic E-state index is 15.5. The minimum Gasteiger partial charge on any atom is -0.508 e. The maximum absolute atomic E-state index is 15.5. The summed E-state index contributed by atoms with van der Waals surface area (Å²) in [5, 5.41) is 9.78. The average Bonchev–Trinajstić information content (AvgIpc) is 2.71. The Hall–Kier alpha value is -1.53. The van der Waals surface area contributed by atoms with Crippen molar-refractivity contribution in [2.75, 3.05) is 0 Å². The van der Waals surface area contributed by atoms with Crippen LogP contribution in [0, 0.1) is 0 Å². The fourth-order valence-electron chi connectivity index (χ4n) is 3.68. The number of rotatable bonds is 1. The Bertz CT molecular complexity index is 736. The first-order valence-electron chi connectivity index (χ1n) is 8.89. The lowest BCUT2D eigenvalue weighted by Crippen LogP contribution is -2.45. The lowest BCUT2D eigenvalue weighted by Gasteiger charge is -2.46. The highest BCUT2D eigenvalue weighted by atomic mass is 19.1. The minimum absolute atomic E-state index is 0.116. The summed E-state index contributed by atoms with van der Waals surface area (Å²) in [6, 6.07) is 4.82. The van der Waals surface area contributed by atoms with Gasteiger partial charge in [-0.15, -0.1) is 0 Å². The van der Waals surface area contributed by atoms with Gasteiger partial charge in [0, 0.05) is 18.1 Å². The molecule has 3 aliphatic rings. The Morgan fingerprint density at radius 1 is 1.12 bits per heavy atom. The first kappa shape index (κ1) is 16.9. The summed E-state index contributed by atoms with van der Waals surface area (Å²) < 4.78 is 33.4. The molecule has 4 nitrogen and oxygen atoms in total. The summed E-state index contributed by atoms with van der Waals surface area (Å²) in [4.78, 5) is 0. The van der Waals surface area contributed by atoms with Crippen LogP contribution in [-0.2, 0) is 9.31 Å².